The van der Waals surface area contributed by atoms with Crippen molar-refractivity contribution in [3.8, 4) is 0 Å². The number of anilines is 1. The normalized spacial score (nSPS) is 10.2. The van der Waals surface area contributed by atoms with Gasteiger partial charge in [0.15, 0.2) is 0 Å². The van der Waals surface area contributed by atoms with Crippen LogP contribution < -0.4 is 5.32 Å². The van der Waals surface area contributed by atoms with E-state index in [4.69, 9.17) is 0 Å². The lowest BCUT2D eigenvalue weighted by atomic mass is 10.2. The average molecular weight is 325 g/mol. The number of nitrogens with one attached hydrogen (secondary N) is 1. The SMILES string of the molecule is Cn1ncc(Br)c1C(=O)Nc1ccccc1[N+](=O)[O-]. The van der Waals surface area contributed by atoms with Gasteiger partial charge in [-0.2, -0.15) is 5.10 Å². The highest BCUT2D eigenvalue weighted by atomic mass is 79.9. The molecular weight excluding hydrogens is 316 g/mol. The molecule has 0 spiro atoms. The zero-order valence-electron chi connectivity index (χ0n) is 9.83. The Bertz CT molecular complexity index is 634. The molecule has 7 nitrogen and oxygen atoms in total. The van der Waals surface area contributed by atoms with Crippen LogP contribution in [0.15, 0.2) is 34.9 Å². The zero-order valence-corrected chi connectivity index (χ0v) is 11.4. The quantitative estimate of drug-likeness (QED) is 0.693. The minimum Gasteiger partial charge on any atom is -0.315 e. The van der Waals surface area contributed by atoms with Crippen LogP contribution in [0.25, 0.3) is 0 Å². The maximum atomic E-state index is 12.1. The molecule has 98 valence electrons. The molecule has 19 heavy (non-hydrogen) atoms. The number of carbonyl (C=O) groups excluding carboxylic acids is 1. The second-order valence-electron chi connectivity index (χ2n) is 3.69. The molecule has 1 N–H and O–H groups in total. The van der Waals surface area contributed by atoms with Gasteiger partial charge in [0, 0.05) is 13.1 Å². The Hall–Kier alpha value is -2.22. The highest BCUT2D eigenvalue weighted by Crippen LogP contribution is 2.24. The first-order chi connectivity index (χ1) is 9.00. The molecule has 1 amide bonds. The first kappa shape index (κ1) is 13.2. The van der Waals surface area contributed by atoms with Crippen LogP contribution in [0, 0.1) is 10.1 Å². The van der Waals surface area contributed by atoms with Gasteiger partial charge >= 0.3 is 0 Å². The minimum atomic E-state index is -0.548. The lowest BCUT2D eigenvalue weighted by molar-refractivity contribution is -0.383. The van der Waals surface area contributed by atoms with Crippen molar-refractivity contribution >= 4 is 33.2 Å². The first-order valence-corrected chi connectivity index (χ1v) is 6.02. The number of aryl methyl sites for hydroxylation is 1. The van der Waals surface area contributed by atoms with Crippen LogP contribution in [0.2, 0.25) is 0 Å². The van der Waals surface area contributed by atoms with Gasteiger partial charge in [-0.3, -0.25) is 19.6 Å². The fourth-order valence-corrected chi connectivity index (χ4v) is 2.11. The summed E-state index contributed by atoms with van der Waals surface area (Å²) in [6, 6.07) is 5.95. The number of nitro benzene ring substituents is 1. The second kappa shape index (κ2) is 5.19. The van der Waals surface area contributed by atoms with Crippen molar-refractivity contribution in [2.45, 2.75) is 0 Å². The Morgan fingerprint density at radius 1 is 1.47 bits per heavy atom. The Labute approximate surface area is 116 Å². The number of amides is 1. The number of nitro groups is 1. The summed E-state index contributed by atoms with van der Waals surface area (Å²) >= 11 is 3.20. The van der Waals surface area contributed by atoms with Gasteiger partial charge in [-0.1, -0.05) is 12.1 Å². The van der Waals surface area contributed by atoms with Gasteiger partial charge < -0.3 is 5.32 Å². The van der Waals surface area contributed by atoms with Crippen molar-refractivity contribution in [2.24, 2.45) is 7.05 Å². The summed E-state index contributed by atoms with van der Waals surface area (Å²) in [5, 5.41) is 17.3. The third kappa shape index (κ3) is 2.63. The fourth-order valence-electron chi connectivity index (χ4n) is 1.59. The zero-order chi connectivity index (χ0) is 14.0. The number of benzene rings is 1. The topological polar surface area (TPSA) is 90.1 Å². The van der Waals surface area contributed by atoms with Gasteiger partial charge in [0.25, 0.3) is 11.6 Å². The van der Waals surface area contributed by atoms with Crippen molar-refractivity contribution in [3.05, 3.63) is 50.7 Å². The highest BCUT2D eigenvalue weighted by molar-refractivity contribution is 9.10. The monoisotopic (exact) mass is 324 g/mol. The fraction of sp³-hybridized carbons (Fsp3) is 0.0909. The van der Waals surface area contributed by atoms with Crippen molar-refractivity contribution in [2.75, 3.05) is 5.32 Å². The highest BCUT2D eigenvalue weighted by Gasteiger charge is 2.19. The van der Waals surface area contributed by atoms with Crippen LogP contribution in [0.4, 0.5) is 11.4 Å². The molecule has 2 aromatic rings. The molecular formula is C11H9BrN4O3. The van der Waals surface area contributed by atoms with E-state index in [0.717, 1.165) is 0 Å². The van der Waals surface area contributed by atoms with Gasteiger partial charge in [-0.15, -0.1) is 0 Å². The maximum absolute atomic E-state index is 12.1. The lowest BCUT2D eigenvalue weighted by Crippen LogP contribution is -2.17. The summed E-state index contributed by atoms with van der Waals surface area (Å²) in [6.07, 6.45) is 1.48. The number of rotatable bonds is 3. The summed E-state index contributed by atoms with van der Waals surface area (Å²) in [5.74, 6) is -0.471. The van der Waals surface area contributed by atoms with E-state index in [1.807, 2.05) is 0 Å². The summed E-state index contributed by atoms with van der Waals surface area (Å²) in [5.41, 5.74) is 0.276. The van der Waals surface area contributed by atoms with E-state index in [-0.39, 0.29) is 17.1 Å². The smallest absolute Gasteiger partial charge is 0.292 e. The maximum Gasteiger partial charge on any atom is 0.292 e. The molecule has 1 heterocycles. The molecule has 0 aliphatic rings. The van der Waals surface area contributed by atoms with Crippen LogP contribution >= 0.6 is 15.9 Å². The van der Waals surface area contributed by atoms with Gasteiger partial charge in [-0.25, -0.2) is 0 Å². The van der Waals surface area contributed by atoms with Crippen LogP contribution in [0.3, 0.4) is 0 Å². The van der Waals surface area contributed by atoms with E-state index in [1.54, 1.807) is 13.1 Å². The number of hydrogen-bond acceptors (Lipinski definition) is 4. The number of halogens is 1. The van der Waals surface area contributed by atoms with Gasteiger partial charge in [-0.05, 0) is 22.0 Å². The van der Waals surface area contributed by atoms with Crippen molar-refractivity contribution in [1.29, 1.82) is 0 Å². The molecule has 8 heteroatoms. The molecule has 1 aromatic heterocycles. The third-order valence-corrected chi connectivity index (χ3v) is 3.04. The van der Waals surface area contributed by atoms with Crippen LogP contribution in [-0.2, 0) is 7.05 Å². The van der Waals surface area contributed by atoms with Crippen LogP contribution in [-0.4, -0.2) is 20.6 Å². The molecule has 0 atom stereocenters. The molecule has 0 saturated carbocycles. The number of hydrogen-bond donors (Lipinski definition) is 1. The minimum absolute atomic E-state index is 0.144. The number of para-hydroxylation sites is 2. The molecule has 0 fully saturated rings. The lowest BCUT2D eigenvalue weighted by Gasteiger charge is -2.06. The van der Waals surface area contributed by atoms with E-state index in [0.29, 0.717) is 4.47 Å². The number of nitrogens with zero attached hydrogens (tertiary/aromatic N) is 3. The van der Waals surface area contributed by atoms with Gasteiger partial charge in [0.05, 0.1) is 15.6 Å². The Balaban J connectivity index is 2.32. The molecule has 0 aliphatic heterocycles. The van der Waals surface area contributed by atoms with Gasteiger partial charge in [0.2, 0.25) is 0 Å². The summed E-state index contributed by atoms with van der Waals surface area (Å²) in [7, 11) is 1.61. The van der Waals surface area contributed by atoms with E-state index in [2.05, 4.69) is 26.3 Å². The van der Waals surface area contributed by atoms with Crippen LogP contribution in [0.1, 0.15) is 10.5 Å². The Morgan fingerprint density at radius 3 is 2.74 bits per heavy atom. The molecule has 0 unspecified atom stereocenters. The largest absolute Gasteiger partial charge is 0.315 e. The van der Waals surface area contributed by atoms with E-state index in [9.17, 15) is 14.9 Å². The van der Waals surface area contributed by atoms with E-state index < -0.39 is 10.8 Å². The Kier molecular flexibility index (Phi) is 3.61. The van der Waals surface area contributed by atoms with Crippen molar-refractivity contribution in [1.82, 2.24) is 9.78 Å². The Morgan fingerprint density at radius 2 is 2.16 bits per heavy atom. The third-order valence-electron chi connectivity index (χ3n) is 2.46. The number of carbonyl (C=O) groups is 1. The summed E-state index contributed by atoms with van der Waals surface area (Å²) in [6.45, 7) is 0. The van der Waals surface area contributed by atoms with E-state index >= 15 is 0 Å². The first-order valence-electron chi connectivity index (χ1n) is 5.23. The van der Waals surface area contributed by atoms with Gasteiger partial charge in [0.1, 0.15) is 11.4 Å². The molecule has 1 aromatic carbocycles. The second-order valence-corrected chi connectivity index (χ2v) is 4.55. The van der Waals surface area contributed by atoms with Crippen molar-refractivity contribution < 1.29 is 9.72 Å². The molecule has 0 bridgehead atoms. The predicted molar refractivity (Wildman–Crippen MR) is 72.0 cm³/mol. The summed E-state index contributed by atoms with van der Waals surface area (Å²) in [4.78, 5) is 22.4. The summed E-state index contributed by atoms with van der Waals surface area (Å²) < 4.78 is 1.90. The molecule has 0 saturated heterocycles. The molecule has 2 rings (SSSR count). The standard InChI is InChI=1S/C11H9BrN4O3/c1-15-10(7(12)6-13-15)11(17)14-8-4-2-3-5-9(8)16(18)19/h2-6H,1H3,(H,14,17). The van der Waals surface area contributed by atoms with E-state index in [1.165, 1.54) is 29.1 Å². The average Bonchev–Trinajstić information content (AvgIpc) is 2.69. The van der Waals surface area contributed by atoms with Crippen LogP contribution in [0.5, 0.6) is 0 Å². The number of aromatic nitrogens is 2. The molecule has 0 radical (unpaired) electrons. The van der Waals surface area contributed by atoms with Crippen molar-refractivity contribution in [3.63, 3.8) is 0 Å². The predicted octanol–water partition coefficient (Wildman–Crippen LogP) is 2.34. The molecule has 0 aliphatic carbocycles.